The van der Waals surface area contributed by atoms with E-state index >= 15 is 0 Å². The SMILES string of the molecule is C=Cc1ccccc1.CC(C)c1ccccc1.CCCO.O=C1C=CC(=O)O1. The third-order valence-corrected chi connectivity index (χ3v) is 3.28. The van der Waals surface area contributed by atoms with Gasteiger partial charge in [0, 0.05) is 18.8 Å². The van der Waals surface area contributed by atoms with Crippen LogP contribution in [0.2, 0.25) is 0 Å². The summed E-state index contributed by atoms with van der Waals surface area (Å²) in [6, 6.07) is 20.5. The van der Waals surface area contributed by atoms with Crippen LogP contribution in [0.1, 0.15) is 44.2 Å². The lowest BCUT2D eigenvalue weighted by Gasteiger charge is -2.01. The molecule has 0 aliphatic carbocycles. The van der Waals surface area contributed by atoms with Gasteiger partial charge in [-0.25, -0.2) is 9.59 Å². The maximum Gasteiger partial charge on any atom is 0.338 e. The Balaban J connectivity index is 0.000000360. The summed E-state index contributed by atoms with van der Waals surface area (Å²) in [5.41, 5.74) is 2.59. The summed E-state index contributed by atoms with van der Waals surface area (Å²) < 4.78 is 3.97. The van der Waals surface area contributed by atoms with Crippen LogP contribution < -0.4 is 0 Å². The van der Waals surface area contributed by atoms with Gasteiger partial charge in [0.1, 0.15) is 0 Å². The van der Waals surface area contributed by atoms with Crippen LogP contribution in [0.4, 0.5) is 0 Å². The van der Waals surface area contributed by atoms with Crippen molar-refractivity contribution in [2.45, 2.75) is 33.1 Å². The fourth-order valence-electron chi connectivity index (χ4n) is 1.73. The Kier molecular flexibility index (Phi) is 14.5. The average Bonchev–Trinajstić information content (AvgIpc) is 3.13. The van der Waals surface area contributed by atoms with E-state index in [1.807, 2.05) is 49.4 Å². The Morgan fingerprint density at radius 1 is 0.929 bits per heavy atom. The fraction of sp³-hybridized carbons (Fsp3) is 0.250. The summed E-state index contributed by atoms with van der Waals surface area (Å²) in [6.07, 6.45) is 4.88. The summed E-state index contributed by atoms with van der Waals surface area (Å²) in [6.45, 7) is 10.3. The number of esters is 2. The van der Waals surface area contributed by atoms with E-state index < -0.39 is 11.9 Å². The van der Waals surface area contributed by atoms with Gasteiger partial charge in [0.05, 0.1) is 0 Å². The molecule has 0 fully saturated rings. The molecule has 0 aromatic heterocycles. The van der Waals surface area contributed by atoms with Crippen molar-refractivity contribution < 1.29 is 19.4 Å². The Labute approximate surface area is 168 Å². The van der Waals surface area contributed by atoms with Crippen molar-refractivity contribution in [1.29, 1.82) is 0 Å². The van der Waals surface area contributed by atoms with E-state index in [0.717, 1.165) is 18.6 Å². The molecule has 1 aliphatic rings. The van der Waals surface area contributed by atoms with Crippen LogP contribution in [-0.4, -0.2) is 23.7 Å². The van der Waals surface area contributed by atoms with Crippen LogP contribution in [0.5, 0.6) is 0 Å². The quantitative estimate of drug-likeness (QED) is 0.589. The number of hydrogen-bond donors (Lipinski definition) is 1. The molecule has 4 nitrogen and oxygen atoms in total. The highest BCUT2D eigenvalue weighted by Gasteiger charge is 2.10. The molecular formula is C24H30O4. The van der Waals surface area contributed by atoms with Gasteiger partial charge in [-0.3, -0.25) is 0 Å². The minimum absolute atomic E-state index is 0.319. The highest BCUT2D eigenvalue weighted by Crippen LogP contribution is 2.11. The van der Waals surface area contributed by atoms with Gasteiger partial charge < -0.3 is 9.84 Å². The molecule has 2 aromatic rings. The Hall–Kier alpha value is -2.98. The molecule has 0 spiro atoms. The van der Waals surface area contributed by atoms with Gasteiger partial charge >= 0.3 is 11.9 Å². The van der Waals surface area contributed by atoms with E-state index in [2.05, 4.69) is 49.4 Å². The zero-order chi connectivity index (χ0) is 21.2. The molecular weight excluding hydrogens is 352 g/mol. The number of rotatable bonds is 3. The number of carbonyl (C=O) groups is 2. The predicted molar refractivity (Wildman–Crippen MR) is 115 cm³/mol. The first-order valence-corrected chi connectivity index (χ1v) is 9.21. The van der Waals surface area contributed by atoms with Crippen LogP contribution in [0.15, 0.2) is 79.4 Å². The van der Waals surface area contributed by atoms with Gasteiger partial charge in [0.2, 0.25) is 0 Å². The van der Waals surface area contributed by atoms with Crippen molar-refractivity contribution in [1.82, 2.24) is 0 Å². The monoisotopic (exact) mass is 382 g/mol. The lowest BCUT2D eigenvalue weighted by atomic mass is 10.0. The fourth-order valence-corrected chi connectivity index (χ4v) is 1.73. The van der Waals surface area contributed by atoms with Crippen LogP contribution in [0.3, 0.4) is 0 Å². The summed E-state index contributed by atoms with van der Waals surface area (Å²) in [5.74, 6) is -0.499. The zero-order valence-electron chi connectivity index (χ0n) is 16.9. The first kappa shape index (κ1) is 25.0. The van der Waals surface area contributed by atoms with Crippen LogP contribution >= 0.6 is 0 Å². The minimum atomic E-state index is -0.579. The maximum atomic E-state index is 9.92. The number of benzene rings is 2. The predicted octanol–water partition coefficient (Wildman–Crippen LogP) is 5.15. The van der Waals surface area contributed by atoms with E-state index in [0.29, 0.717) is 12.5 Å². The van der Waals surface area contributed by atoms with E-state index in [4.69, 9.17) is 5.11 Å². The van der Waals surface area contributed by atoms with Crippen molar-refractivity contribution >= 4 is 18.0 Å². The van der Waals surface area contributed by atoms with Gasteiger partial charge in [-0.1, -0.05) is 94.1 Å². The van der Waals surface area contributed by atoms with Gasteiger partial charge in [-0.2, -0.15) is 0 Å². The summed E-state index contributed by atoms with van der Waals surface area (Å²) in [7, 11) is 0. The molecule has 0 radical (unpaired) electrons. The maximum absolute atomic E-state index is 9.92. The average molecular weight is 383 g/mol. The molecule has 1 aliphatic heterocycles. The number of hydrogen-bond acceptors (Lipinski definition) is 4. The van der Waals surface area contributed by atoms with Crippen LogP contribution in [0.25, 0.3) is 6.08 Å². The second-order valence-electron chi connectivity index (χ2n) is 5.98. The number of aliphatic hydroxyl groups is 1. The minimum Gasteiger partial charge on any atom is -0.396 e. The van der Waals surface area contributed by atoms with Gasteiger partial charge in [0.15, 0.2) is 0 Å². The topological polar surface area (TPSA) is 63.6 Å². The van der Waals surface area contributed by atoms with Crippen LogP contribution in [-0.2, 0) is 14.3 Å². The molecule has 2 aromatic carbocycles. The smallest absolute Gasteiger partial charge is 0.338 e. The second-order valence-corrected chi connectivity index (χ2v) is 5.98. The number of cyclic esters (lactones) is 2. The molecule has 3 rings (SSSR count). The summed E-state index contributed by atoms with van der Waals surface area (Å²) in [5, 5.41) is 7.88. The zero-order valence-corrected chi connectivity index (χ0v) is 16.9. The van der Waals surface area contributed by atoms with Gasteiger partial charge in [0.25, 0.3) is 0 Å². The molecule has 1 N–H and O–H groups in total. The Morgan fingerprint density at radius 2 is 1.36 bits per heavy atom. The molecule has 150 valence electrons. The number of ether oxygens (including phenoxy) is 1. The normalized spacial score (nSPS) is 11.2. The Bertz CT molecular complexity index is 686. The molecule has 1 heterocycles. The molecule has 0 unspecified atom stereocenters. The van der Waals surface area contributed by atoms with E-state index in [-0.39, 0.29) is 0 Å². The standard InChI is InChI=1S/C9H12.C8H8.C4H2O3.C3H8O/c1-8(2)9-6-4-3-5-7-9;1-2-8-6-4-3-5-7-8;5-3-1-2-4(6)7-3;1-2-3-4/h3-8H,1-2H3;2-7H,1H2;1-2H;4H,2-3H2,1H3. The molecule has 4 heteroatoms. The third kappa shape index (κ3) is 13.3. The first-order valence-electron chi connectivity index (χ1n) is 9.21. The highest BCUT2D eigenvalue weighted by atomic mass is 16.6. The Morgan fingerprint density at radius 3 is 1.57 bits per heavy atom. The van der Waals surface area contributed by atoms with Crippen molar-refractivity contribution in [3.63, 3.8) is 0 Å². The van der Waals surface area contributed by atoms with Crippen molar-refractivity contribution in [3.8, 4) is 0 Å². The van der Waals surface area contributed by atoms with E-state index in [1.54, 1.807) is 0 Å². The third-order valence-electron chi connectivity index (χ3n) is 3.28. The summed E-state index contributed by atoms with van der Waals surface area (Å²) in [4.78, 5) is 19.8. The largest absolute Gasteiger partial charge is 0.396 e. The van der Waals surface area contributed by atoms with Gasteiger partial charge in [-0.15, -0.1) is 0 Å². The summed E-state index contributed by atoms with van der Waals surface area (Å²) >= 11 is 0. The number of carbonyl (C=O) groups excluding carboxylic acids is 2. The molecule has 0 amide bonds. The van der Waals surface area contributed by atoms with Gasteiger partial charge in [-0.05, 0) is 23.5 Å². The van der Waals surface area contributed by atoms with Crippen LogP contribution in [0, 0.1) is 0 Å². The lowest BCUT2D eigenvalue weighted by molar-refractivity contribution is -0.150. The molecule has 0 atom stereocenters. The molecule has 0 saturated heterocycles. The number of aliphatic hydroxyl groups excluding tert-OH is 1. The molecule has 0 saturated carbocycles. The van der Waals surface area contributed by atoms with Crippen molar-refractivity contribution in [2.75, 3.05) is 6.61 Å². The van der Waals surface area contributed by atoms with Crippen molar-refractivity contribution in [2.24, 2.45) is 0 Å². The second kappa shape index (κ2) is 16.2. The lowest BCUT2D eigenvalue weighted by Crippen LogP contribution is -1.96. The van der Waals surface area contributed by atoms with E-state index in [9.17, 15) is 9.59 Å². The molecule has 28 heavy (non-hydrogen) atoms. The van der Waals surface area contributed by atoms with E-state index in [1.165, 1.54) is 11.1 Å². The molecule has 0 bridgehead atoms. The highest BCUT2D eigenvalue weighted by molar-refractivity contribution is 6.04. The van der Waals surface area contributed by atoms with Crippen molar-refractivity contribution in [3.05, 3.63) is 90.5 Å². The first-order chi connectivity index (χ1) is 13.4.